The largest absolute Gasteiger partial charge is 0.303 e. The minimum Gasteiger partial charge on any atom is -0.303 e. The molecule has 0 saturated heterocycles. The van der Waals surface area contributed by atoms with Crippen molar-refractivity contribution in [3.05, 3.63) is 87.1 Å². The van der Waals surface area contributed by atoms with E-state index in [1.54, 1.807) is 12.4 Å². The van der Waals surface area contributed by atoms with E-state index in [9.17, 15) is 0 Å². The molecule has 0 amide bonds. The first kappa shape index (κ1) is 18.4. The van der Waals surface area contributed by atoms with Crippen molar-refractivity contribution in [2.75, 3.05) is 6.54 Å². The molecule has 5 rings (SSSR count). The first-order valence-corrected chi connectivity index (χ1v) is 10.9. The number of nitrogens with zero attached hydrogens (tertiary/aromatic N) is 5. The van der Waals surface area contributed by atoms with Gasteiger partial charge in [-0.25, -0.2) is 4.68 Å². The number of aromatic nitrogens is 4. The van der Waals surface area contributed by atoms with Crippen LogP contribution in [0.5, 0.6) is 0 Å². The van der Waals surface area contributed by atoms with Crippen LogP contribution in [0.3, 0.4) is 0 Å². The van der Waals surface area contributed by atoms with Crippen molar-refractivity contribution in [2.45, 2.75) is 19.1 Å². The van der Waals surface area contributed by atoms with Gasteiger partial charge in [0.15, 0.2) is 10.6 Å². The number of benzene rings is 1. The van der Waals surface area contributed by atoms with E-state index >= 15 is 0 Å². The Hall–Kier alpha value is -2.61. The lowest BCUT2D eigenvalue weighted by atomic mass is 9.94. The summed E-state index contributed by atoms with van der Waals surface area (Å²) < 4.78 is 4.64. The van der Waals surface area contributed by atoms with E-state index in [1.165, 1.54) is 16.0 Å². The Labute approximate surface area is 178 Å². The van der Waals surface area contributed by atoms with Gasteiger partial charge in [0.1, 0.15) is 0 Å². The van der Waals surface area contributed by atoms with E-state index in [2.05, 4.69) is 51.7 Å². The molecule has 29 heavy (non-hydrogen) atoms. The van der Waals surface area contributed by atoms with Crippen molar-refractivity contribution >= 4 is 23.6 Å². The molecule has 1 aliphatic rings. The van der Waals surface area contributed by atoms with Crippen LogP contribution >= 0.6 is 23.6 Å². The molecule has 0 unspecified atom stereocenters. The molecule has 0 spiro atoms. The number of fused-ring (bicyclic) bond motifs is 1. The van der Waals surface area contributed by atoms with Crippen molar-refractivity contribution in [3.63, 3.8) is 0 Å². The lowest BCUT2D eigenvalue weighted by Gasteiger charge is -2.36. The van der Waals surface area contributed by atoms with Gasteiger partial charge < -0.3 is 4.57 Å². The lowest BCUT2D eigenvalue weighted by Crippen LogP contribution is -2.37. The summed E-state index contributed by atoms with van der Waals surface area (Å²) in [4.78, 5) is 8.07. The van der Waals surface area contributed by atoms with Gasteiger partial charge in [0.25, 0.3) is 0 Å². The summed E-state index contributed by atoms with van der Waals surface area (Å²) in [7, 11) is 1.98. The Bertz CT molecular complexity index is 1180. The van der Waals surface area contributed by atoms with Crippen LogP contribution in [0.2, 0.25) is 0 Å². The molecule has 0 aliphatic carbocycles. The maximum Gasteiger partial charge on any atom is 0.199 e. The zero-order chi connectivity index (χ0) is 19.8. The first-order valence-electron chi connectivity index (χ1n) is 9.62. The topological polar surface area (TPSA) is 38.9 Å². The highest BCUT2D eigenvalue weighted by molar-refractivity contribution is 7.71. The molecule has 1 aliphatic heterocycles. The second-order valence-electron chi connectivity index (χ2n) is 7.22. The van der Waals surface area contributed by atoms with Crippen molar-refractivity contribution in [3.8, 4) is 11.4 Å². The van der Waals surface area contributed by atoms with Crippen LogP contribution in [0.1, 0.15) is 22.0 Å². The Morgan fingerprint density at radius 3 is 2.69 bits per heavy atom. The summed E-state index contributed by atoms with van der Waals surface area (Å²) >= 11 is 7.58. The van der Waals surface area contributed by atoms with Crippen LogP contribution in [-0.4, -0.2) is 30.8 Å². The highest BCUT2D eigenvalue weighted by Gasteiger charge is 2.30. The number of hydrogen-bond acceptors (Lipinski definition) is 5. The molecule has 1 aromatic carbocycles. The Morgan fingerprint density at radius 2 is 1.90 bits per heavy atom. The van der Waals surface area contributed by atoms with Gasteiger partial charge in [-0.2, -0.15) is 5.10 Å². The number of rotatable bonds is 4. The zero-order valence-corrected chi connectivity index (χ0v) is 17.7. The van der Waals surface area contributed by atoms with Gasteiger partial charge in [0.05, 0.1) is 12.7 Å². The smallest absolute Gasteiger partial charge is 0.199 e. The van der Waals surface area contributed by atoms with E-state index < -0.39 is 0 Å². The summed E-state index contributed by atoms with van der Waals surface area (Å²) in [5.74, 6) is 0.863. The molecular formula is C22H21N5S2. The summed E-state index contributed by atoms with van der Waals surface area (Å²) in [5.41, 5.74) is 3.73. The highest BCUT2D eigenvalue weighted by Crippen LogP contribution is 2.38. The van der Waals surface area contributed by atoms with Gasteiger partial charge in [0.2, 0.25) is 0 Å². The normalized spacial score (nSPS) is 16.7. The van der Waals surface area contributed by atoms with Crippen LogP contribution in [0.4, 0.5) is 0 Å². The summed E-state index contributed by atoms with van der Waals surface area (Å²) in [6, 6.07) is 17.1. The minimum absolute atomic E-state index is 0.222. The quantitative estimate of drug-likeness (QED) is 0.450. The van der Waals surface area contributed by atoms with Crippen molar-refractivity contribution in [1.82, 2.24) is 24.2 Å². The second-order valence-corrected chi connectivity index (χ2v) is 8.58. The van der Waals surface area contributed by atoms with Gasteiger partial charge in [0, 0.05) is 36.4 Å². The molecule has 0 bridgehead atoms. The van der Waals surface area contributed by atoms with Crippen molar-refractivity contribution < 1.29 is 0 Å². The molecule has 0 N–H and O–H groups in total. The van der Waals surface area contributed by atoms with Gasteiger partial charge >= 0.3 is 0 Å². The SMILES string of the molecule is Cn1c(-c2ccncc2)nn(CN2CCc3sccc3[C@H]2c2ccccc2)c1=S. The van der Waals surface area contributed by atoms with Crippen LogP contribution in [0.15, 0.2) is 66.3 Å². The Kier molecular flexibility index (Phi) is 4.87. The van der Waals surface area contributed by atoms with E-state index in [0.717, 1.165) is 29.1 Å². The maximum absolute atomic E-state index is 5.72. The third-order valence-corrected chi connectivity index (χ3v) is 6.96. The molecule has 7 heteroatoms. The monoisotopic (exact) mass is 419 g/mol. The van der Waals surface area contributed by atoms with Crippen LogP contribution < -0.4 is 0 Å². The van der Waals surface area contributed by atoms with E-state index in [0.29, 0.717) is 6.67 Å². The Morgan fingerprint density at radius 1 is 1.10 bits per heavy atom. The van der Waals surface area contributed by atoms with Gasteiger partial charge in [-0.05, 0) is 53.3 Å². The van der Waals surface area contributed by atoms with E-state index in [-0.39, 0.29) is 6.04 Å². The standard InChI is InChI=1S/C22H21N5S2/c1-25-21(17-7-11-23-12-8-17)24-27(22(25)28)15-26-13-9-19-18(10-14-29-19)20(26)16-5-3-2-4-6-16/h2-8,10-12,14,20H,9,13,15H2,1H3/t20-/m1/s1. The van der Waals surface area contributed by atoms with Gasteiger partial charge in [-0.3, -0.25) is 9.88 Å². The molecule has 0 radical (unpaired) electrons. The van der Waals surface area contributed by atoms with Crippen molar-refractivity contribution in [1.29, 1.82) is 0 Å². The predicted octanol–water partition coefficient (Wildman–Crippen LogP) is 4.68. The molecule has 3 aromatic heterocycles. The fourth-order valence-corrected chi connectivity index (χ4v) is 5.14. The Balaban J connectivity index is 1.52. The van der Waals surface area contributed by atoms with Crippen molar-refractivity contribution in [2.24, 2.45) is 7.05 Å². The molecule has 0 fully saturated rings. The van der Waals surface area contributed by atoms with Gasteiger partial charge in [-0.1, -0.05) is 30.3 Å². The molecule has 4 aromatic rings. The van der Waals surface area contributed by atoms with Crippen LogP contribution in [-0.2, 0) is 20.1 Å². The predicted molar refractivity (Wildman–Crippen MR) is 118 cm³/mol. The first-order chi connectivity index (χ1) is 14.2. The molecule has 5 nitrogen and oxygen atoms in total. The second kappa shape index (κ2) is 7.67. The van der Waals surface area contributed by atoms with E-state index in [1.807, 2.05) is 39.8 Å². The minimum atomic E-state index is 0.222. The number of pyridine rings is 1. The van der Waals surface area contributed by atoms with Gasteiger partial charge in [-0.15, -0.1) is 11.3 Å². The third-order valence-electron chi connectivity index (χ3n) is 5.48. The number of thiophene rings is 1. The molecule has 146 valence electrons. The molecule has 1 atom stereocenters. The van der Waals surface area contributed by atoms with E-state index in [4.69, 9.17) is 17.3 Å². The fourth-order valence-electron chi connectivity index (χ4n) is 4.05. The fraction of sp³-hybridized carbons (Fsp3) is 0.227. The maximum atomic E-state index is 5.72. The number of hydrogen-bond donors (Lipinski definition) is 0. The zero-order valence-electron chi connectivity index (χ0n) is 16.1. The summed E-state index contributed by atoms with van der Waals surface area (Å²) in [6.45, 7) is 1.64. The van der Waals surface area contributed by atoms with Crippen LogP contribution in [0, 0.1) is 4.77 Å². The molecule has 0 saturated carbocycles. The highest BCUT2D eigenvalue weighted by atomic mass is 32.1. The third kappa shape index (κ3) is 3.35. The van der Waals surface area contributed by atoms with Crippen LogP contribution in [0.25, 0.3) is 11.4 Å². The lowest BCUT2D eigenvalue weighted by molar-refractivity contribution is 0.156. The molecule has 4 heterocycles. The molecular weight excluding hydrogens is 398 g/mol. The average molecular weight is 420 g/mol. The average Bonchev–Trinajstić information content (AvgIpc) is 3.35. The summed E-state index contributed by atoms with van der Waals surface area (Å²) in [5, 5.41) is 7.06. The summed E-state index contributed by atoms with van der Waals surface area (Å²) in [6.07, 6.45) is 4.63.